The van der Waals surface area contributed by atoms with Crippen molar-refractivity contribution in [3.63, 3.8) is 0 Å². The van der Waals surface area contributed by atoms with Gasteiger partial charge in [0.05, 0.1) is 17.4 Å². The van der Waals surface area contributed by atoms with Gasteiger partial charge in [0.15, 0.2) is 17.4 Å². The Hall–Kier alpha value is -3.09. The van der Waals surface area contributed by atoms with Gasteiger partial charge in [-0.2, -0.15) is 4.39 Å². The van der Waals surface area contributed by atoms with Crippen LogP contribution in [0.15, 0.2) is 42.7 Å². The highest BCUT2D eigenvalue weighted by molar-refractivity contribution is 6.09. The monoisotopic (exact) mass is 318 g/mol. The number of phenols is 1. The molecule has 0 saturated heterocycles. The molecule has 2 N–H and O–H groups in total. The number of aromatic nitrogens is 1. The maximum atomic E-state index is 13.8. The van der Waals surface area contributed by atoms with Crippen LogP contribution in [-0.2, 0) is 0 Å². The second-order valence-corrected chi connectivity index (χ2v) is 4.74. The van der Waals surface area contributed by atoms with Crippen LogP contribution in [0.4, 0.5) is 18.9 Å². The molecule has 0 spiro atoms. The number of rotatable bonds is 2. The Kier molecular flexibility index (Phi) is 3.61. The van der Waals surface area contributed by atoms with E-state index in [1.807, 2.05) is 0 Å². The van der Waals surface area contributed by atoms with Gasteiger partial charge in [-0.3, -0.25) is 9.78 Å². The lowest BCUT2D eigenvalue weighted by Crippen LogP contribution is -2.15. The van der Waals surface area contributed by atoms with Gasteiger partial charge in [-0.1, -0.05) is 24.3 Å². The molecule has 0 aliphatic carbocycles. The summed E-state index contributed by atoms with van der Waals surface area (Å²) >= 11 is 0. The summed E-state index contributed by atoms with van der Waals surface area (Å²) in [6.07, 6.45) is 2.92. The largest absolute Gasteiger partial charge is 0.503 e. The number of anilines is 1. The van der Waals surface area contributed by atoms with Crippen molar-refractivity contribution < 1.29 is 23.1 Å². The summed E-state index contributed by atoms with van der Waals surface area (Å²) < 4.78 is 40.1. The standard InChI is InChI=1S/C16H9F3N2O2/c17-11-5-10(13(18)15(22)14(11)19)16(23)21-12-7-20-6-8-3-1-2-4-9(8)12/h1-7,22H,(H,21,23). The third kappa shape index (κ3) is 2.57. The van der Waals surface area contributed by atoms with Gasteiger partial charge in [-0.25, -0.2) is 8.78 Å². The van der Waals surface area contributed by atoms with Crippen LogP contribution in [-0.4, -0.2) is 16.0 Å². The molecule has 3 rings (SSSR count). The average molecular weight is 318 g/mol. The van der Waals surface area contributed by atoms with E-state index < -0.39 is 34.7 Å². The number of carbonyl (C=O) groups excluding carboxylic acids is 1. The summed E-state index contributed by atoms with van der Waals surface area (Å²) in [6.45, 7) is 0. The van der Waals surface area contributed by atoms with Crippen LogP contribution in [0, 0.1) is 17.5 Å². The van der Waals surface area contributed by atoms with E-state index in [-0.39, 0.29) is 5.69 Å². The second kappa shape index (κ2) is 5.60. The van der Waals surface area contributed by atoms with Crippen LogP contribution < -0.4 is 5.32 Å². The quantitative estimate of drug-likeness (QED) is 0.710. The number of carbonyl (C=O) groups is 1. The molecule has 0 fully saturated rings. The van der Waals surface area contributed by atoms with Crippen molar-refractivity contribution in [2.75, 3.05) is 5.32 Å². The molecule has 0 unspecified atom stereocenters. The van der Waals surface area contributed by atoms with E-state index in [0.717, 1.165) is 5.39 Å². The average Bonchev–Trinajstić information content (AvgIpc) is 2.56. The van der Waals surface area contributed by atoms with Crippen molar-refractivity contribution in [3.8, 4) is 5.75 Å². The van der Waals surface area contributed by atoms with E-state index in [2.05, 4.69) is 10.3 Å². The van der Waals surface area contributed by atoms with E-state index in [0.29, 0.717) is 11.5 Å². The molecule has 1 amide bonds. The summed E-state index contributed by atoms with van der Waals surface area (Å²) in [5.41, 5.74) is -0.536. The number of aromatic hydroxyl groups is 1. The fourth-order valence-electron chi connectivity index (χ4n) is 2.16. The number of hydrogen-bond acceptors (Lipinski definition) is 3. The number of benzene rings is 2. The zero-order valence-corrected chi connectivity index (χ0v) is 11.5. The predicted molar refractivity (Wildman–Crippen MR) is 77.7 cm³/mol. The molecule has 3 aromatic rings. The predicted octanol–water partition coefficient (Wildman–Crippen LogP) is 3.61. The number of nitrogens with zero attached hydrogens (tertiary/aromatic N) is 1. The summed E-state index contributed by atoms with van der Waals surface area (Å²) in [4.78, 5) is 16.1. The van der Waals surface area contributed by atoms with Crippen LogP contribution in [0.5, 0.6) is 5.75 Å². The summed E-state index contributed by atoms with van der Waals surface area (Å²) in [5, 5.41) is 12.9. The van der Waals surface area contributed by atoms with Crippen molar-refractivity contribution in [2.24, 2.45) is 0 Å². The fourth-order valence-corrected chi connectivity index (χ4v) is 2.16. The van der Waals surface area contributed by atoms with E-state index in [1.54, 1.807) is 30.5 Å². The topological polar surface area (TPSA) is 62.2 Å². The third-order valence-corrected chi connectivity index (χ3v) is 3.29. The van der Waals surface area contributed by atoms with Crippen molar-refractivity contribution in [2.45, 2.75) is 0 Å². The van der Waals surface area contributed by atoms with E-state index >= 15 is 0 Å². The van der Waals surface area contributed by atoms with E-state index in [4.69, 9.17) is 0 Å². The molecular weight excluding hydrogens is 309 g/mol. The molecule has 1 aromatic heterocycles. The van der Waals surface area contributed by atoms with Gasteiger partial charge in [0.2, 0.25) is 5.82 Å². The highest BCUT2D eigenvalue weighted by Crippen LogP contribution is 2.27. The lowest BCUT2D eigenvalue weighted by atomic mass is 10.1. The lowest BCUT2D eigenvalue weighted by molar-refractivity contribution is 0.102. The molecule has 4 nitrogen and oxygen atoms in total. The number of fused-ring (bicyclic) bond motifs is 1. The van der Waals surface area contributed by atoms with Gasteiger partial charge in [0, 0.05) is 17.0 Å². The van der Waals surface area contributed by atoms with E-state index in [9.17, 15) is 23.1 Å². The molecule has 0 saturated carbocycles. The summed E-state index contributed by atoms with van der Waals surface area (Å²) in [7, 11) is 0. The zero-order valence-electron chi connectivity index (χ0n) is 11.5. The molecule has 0 radical (unpaired) electrons. The minimum absolute atomic E-state index is 0.275. The Labute approximate surface area is 128 Å². The van der Waals surface area contributed by atoms with E-state index in [1.165, 1.54) is 6.20 Å². The SMILES string of the molecule is O=C(Nc1cncc2ccccc12)c1cc(F)c(F)c(O)c1F. The number of pyridine rings is 1. The van der Waals surface area contributed by atoms with Crippen LogP contribution in [0.3, 0.4) is 0 Å². The smallest absolute Gasteiger partial charge is 0.258 e. The number of phenolic OH excluding ortho intramolecular Hbond substituents is 1. The number of hydrogen-bond donors (Lipinski definition) is 2. The van der Waals surface area contributed by atoms with Crippen LogP contribution in [0.2, 0.25) is 0 Å². The molecular formula is C16H9F3N2O2. The highest BCUT2D eigenvalue weighted by atomic mass is 19.2. The van der Waals surface area contributed by atoms with Crippen molar-refractivity contribution in [1.82, 2.24) is 4.98 Å². The number of halogens is 3. The normalized spacial score (nSPS) is 10.7. The molecule has 0 bridgehead atoms. The van der Waals surface area contributed by atoms with Crippen LogP contribution >= 0.6 is 0 Å². The van der Waals surface area contributed by atoms with Crippen molar-refractivity contribution in [1.29, 1.82) is 0 Å². The van der Waals surface area contributed by atoms with Crippen molar-refractivity contribution in [3.05, 3.63) is 65.7 Å². The van der Waals surface area contributed by atoms with Gasteiger partial charge in [0.1, 0.15) is 0 Å². The highest BCUT2D eigenvalue weighted by Gasteiger charge is 2.22. The van der Waals surface area contributed by atoms with Gasteiger partial charge in [0.25, 0.3) is 5.91 Å². The number of nitrogens with one attached hydrogen (secondary N) is 1. The van der Waals surface area contributed by atoms with Gasteiger partial charge >= 0.3 is 0 Å². The second-order valence-electron chi connectivity index (χ2n) is 4.74. The summed E-state index contributed by atoms with van der Waals surface area (Å²) in [6, 6.07) is 7.39. The zero-order chi connectivity index (χ0) is 16.6. The molecule has 2 aromatic carbocycles. The molecule has 0 aliphatic heterocycles. The maximum Gasteiger partial charge on any atom is 0.258 e. The van der Waals surface area contributed by atoms with Gasteiger partial charge < -0.3 is 10.4 Å². The van der Waals surface area contributed by atoms with Gasteiger partial charge in [-0.15, -0.1) is 0 Å². The fraction of sp³-hybridized carbons (Fsp3) is 0. The molecule has 0 atom stereocenters. The maximum absolute atomic E-state index is 13.8. The first-order valence-corrected chi connectivity index (χ1v) is 6.49. The number of amides is 1. The first-order valence-electron chi connectivity index (χ1n) is 6.49. The Bertz CT molecular complexity index is 923. The molecule has 23 heavy (non-hydrogen) atoms. The minimum atomic E-state index is -1.74. The minimum Gasteiger partial charge on any atom is -0.503 e. The Morgan fingerprint density at radius 1 is 1.09 bits per heavy atom. The summed E-state index contributed by atoms with van der Waals surface area (Å²) in [5.74, 6) is -7.37. The Morgan fingerprint density at radius 2 is 1.83 bits per heavy atom. The first kappa shape index (κ1) is 14.8. The first-order chi connectivity index (χ1) is 11.0. The Morgan fingerprint density at radius 3 is 2.61 bits per heavy atom. The molecule has 1 heterocycles. The lowest BCUT2D eigenvalue weighted by Gasteiger charge is -2.10. The van der Waals surface area contributed by atoms with Crippen LogP contribution in [0.1, 0.15) is 10.4 Å². The molecule has 116 valence electrons. The van der Waals surface area contributed by atoms with Crippen LogP contribution in [0.25, 0.3) is 10.8 Å². The Balaban J connectivity index is 2.02. The van der Waals surface area contributed by atoms with Crippen molar-refractivity contribution >= 4 is 22.4 Å². The van der Waals surface area contributed by atoms with Gasteiger partial charge in [-0.05, 0) is 6.07 Å². The molecule has 0 aliphatic rings. The molecule has 7 heteroatoms. The third-order valence-electron chi connectivity index (χ3n) is 3.29.